The Labute approximate surface area is 112 Å². The summed E-state index contributed by atoms with van der Waals surface area (Å²) < 4.78 is 0. The summed E-state index contributed by atoms with van der Waals surface area (Å²) in [5.74, 6) is -0.176. The zero-order valence-corrected chi connectivity index (χ0v) is 11.1. The van der Waals surface area contributed by atoms with E-state index in [1.54, 1.807) is 12.1 Å². The molecule has 1 heterocycles. The number of hydrogen-bond acceptors (Lipinski definition) is 3. The molecule has 0 aliphatic carbocycles. The average molecular weight is 269 g/mol. The van der Waals surface area contributed by atoms with Crippen LogP contribution in [0.5, 0.6) is 5.75 Å². The maximum atomic E-state index is 12.4. The summed E-state index contributed by atoms with van der Waals surface area (Å²) in [6.07, 6.45) is 2.01. The summed E-state index contributed by atoms with van der Waals surface area (Å²) in [5, 5.41) is 13.3. The summed E-state index contributed by atoms with van der Waals surface area (Å²) in [7, 11) is 1.88. The third-order valence-corrected chi connectivity index (χ3v) is 3.50. The first-order valence-electron chi connectivity index (χ1n) is 6.07. The Morgan fingerprint density at radius 3 is 3.06 bits per heavy atom. The highest BCUT2D eigenvalue weighted by molar-refractivity contribution is 6.30. The van der Waals surface area contributed by atoms with Crippen molar-refractivity contribution < 1.29 is 9.90 Å². The van der Waals surface area contributed by atoms with Crippen molar-refractivity contribution in [1.82, 2.24) is 10.2 Å². The molecule has 0 spiro atoms. The number of carbonyl (C=O) groups excluding carboxylic acids is 1. The number of nitrogens with one attached hydrogen (secondary N) is 1. The van der Waals surface area contributed by atoms with E-state index in [1.807, 2.05) is 11.9 Å². The van der Waals surface area contributed by atoms with Crippen molar-refractivity contribution in [3.05, 3.63) is 28.8 Å². The summed E-state index contributed by atoms with van der Waals surface area (Å²) in [6.45, 7) is 1.52. The standard InChI is InChI=1S/C13H17ClN2O2/c1-15-8-10-3-2-6-16(10)13(18)11-5-4-9(14)7-12(11)17/h4-5,7,10,15,17H,2-3,6,8H2,1H3. The van der Waals surface area contributed by atoms with E-state index in [9.17, 15) is 9.90 Å². The van der Waals surface area contributed by atoms with Crippen molar-refractivity contribution in [2.24, 2.45) is 0 Å². The van der Waals surface area contributed by atoms with E-state index in [-0.39, 0.29) is 17.7 Å². The van der Waals surface area contributed by atoms with Gasteiger partial charge in [0.1, 0.15) is 5.75 Å². The van der Waals surface area contributed by atoms with Gasteiger partial charge >= 0.3 is 0 Å². The number of likely N-dealkylation sites (N-methyl/N-ethyl adjacent to an activating group) is 1. The molecule has 18 heavy (non-hydrogen) atoms. The van der Waals surface area contributed by atoms with Crippen molar-refractivity contribution in [3.8, 4) is 5.75 Å². The largest absolute Gasteiger partial charge is 0.507 e. The van der Waals surface area contributed by atoms with Crippen molar-refractivity contribution in [2.45, 2.75) is 18.9 Å². The number of likely N-dealkylation sites (tertiary alicyclic amines) is 1. The predicted octanol–water partition coefficient (Wildman–Crippen LogP) is 1.87. The van der Waals surface area contributed by atoms with Gasteiger partial charge in [0, 0.05) is 24.2 Å². The third-order valence-electron chi connectivity index (χ3n) is 3.27. The van der Waals surface area contributed by atoms with Crippen molar-refractivity contribution >= 4 is 17.5 Å². The Bertz CT molecular complexity index is 451. The lowest BCUT2D eigenvalue weighted by atomic mass is 10.1. The molecule has 2 N–H and O–H groups in total. The molecule has 1 aromatic carbocycles. The van der Waals surface area contributed by atoms with Crippen LogP contribution in [0.3, 0.4) is 0 Å². The minimum atomic E-state index is -0.123. The van der Waals surface area contributed by atoms with E-state index in [0.29, 0.717) is 10.6 Å². The number of carbonyl (C=O) groups is 1. The van der Waals surface area contributed by atoms with Gasteiger partial charge in [0.15, 0.2) is 0 Å². The molecule has 0 aromatic heterocycles. The van der Waals surface area contributed by atoms with Gasteiger partial charge in [-0.15, -0.1) is 0 Å². The second-order valence-corrected chi connectivity index (χ2v) is 4.95. The smallest absolute Gasteiger partial charge is 0.257 e. The van der Waals surface area contributed by atoms with Crippen LogP contribution in [0, 0.1) is 0 Å². The van der Waals surface area contributed by atoms with Crippen LogP contribution in [0.4, 0.5) is 0 Å². The Morgan fingerprint density at radius 1 is 1.61 bits per heavy atom. The fraction of sp³-hybridized carbons (Fsp3) is 0.462. The normalized spacial score (nSPS) is 19.2. The van der Waals surface area contributed by atoms with Gasteiger partial charge in [0.05, 0.1) is 5.56 Å². The highest BCUT2D eigenvalue weighted by Crippen LogP contribution is 2.26. The molecule has 0 saturated carbocycles. The zero-order chi connectivity index (χ0) is 13.1. The molecule has 1 amide bonds. The van der Waals surface area contributed by atoms with Gasteiger partial charge in [-0.2, -0.15) is 0 Å². The molecular formula is C13H17ClN2O2. The number of aromatic hydroxyl groups is 1. The Balaban J connectivity index is 2.20. The Hall–Kier alpha value is -1.26. The zero-order valence-electron chi connectivity index (χ0n) is 10.3. The lowest BCUT2D eigenvalue weighted by Gasteiger charge is -2.24. The lowest BCUT2D eigenvalue weighted by Crippen LogP contribution is -2.40. The molecule has 1 fully saturated rings. The summed E-state index contributed by atoms with van der Waals surface area (Å²) in [6, 6.07) is 4.81. The van der Waals surface area contributed by atoms with Crippen molar-refractivity contribution in [2.75, 3.05) is 20.1 Å². The molecule has 4 nitrogen and oxygen atoms in total. The Morgan fingerprint density at radius 2 is 2.39 bits per heavy atom. The quantitative estimate of drug-likeness (QED) is 0.880. The highest BCUT2D eigenvalue weighted by Gasteiger charge is 2.29. The summed E-state index contributed by atoms with van der Waals surface area (Å²) >= 11 is 5.76. The molecule has 98 valence electrons. The van der Waals surface area contributed by atoms with Crippen LogP contribution in [0.2, 0.25) is 5.02 Å². The van der Waals surface area contributed by atoms with Gasteiger partial charge in [0.25, 0.3) is 5.91 Å². The van der Waals surface area contributed by atoms with Crippen LogP contribution < -0.4 is 5.32 Å². The van der Waals surface area contributed by atoms with Gasteiger partial charge in [-0.3, -0.25) is 4.79 Å². The van der Waals surface area contributed by atoms with Gasteiger partial charge in [-0.1, -0.05) is 11.6 Å². The predicted molar refractivity (Wildman–Crippen MR) is 71.1 cm³/mol. The van der Waals surface area contributed by atoms with Crippen LogP contribution in [0.25, 0.3) is 0 Å². The van der Waals surface area contributed by atoms with E-state index in [0.717, 1.165) is 25.9 Å². The minimum absolute atomic E-state index is 0.0531. The molecule has 1 unspecified atom stereocenters. The summed E-state index contributed by atoms with van der Waals surface area (Å²) in [4.78, 5) is 14.2. The van der Waals surface area contributed by atoms with Gasteiger partial charge < -0.3 is 15.3 Å². The van der Waals surface area contributed by atoms with Crippen LogP contribution >= 0.6 is 11.6 Å². The maximum Gasteiger partial charge on any atom is 0.257 e. The lowest BCUT2D eigenvalue weighted by molar-refractivity contribution is 0.0734. The highest BCUT2D eigenvalue weighted by atomic mass is 35.5. The molecule has 1 aliphatic heterocycles. The van der Waals surface area contributed by atoms with E-state index in [1.165, 1.54) is 6.07 Å². The van der Waals surface area contributed by atoms with E-state index >= 15 is 0 Å². The number of rotatable bonds is 3. The van der Waals surface area contributed by atoms with Crippen LogP contribution in [-0.2, 0) is 0 Å². The molecule has 0 radical (unpaired) electrons. The minimum Gasteiger partial charge on any atom is -0.507 e. The van der Waals surface area contributed by atoms with Gasteiger partial charge in [0.2, 0.25) is 0 Å². The number of benzene rings is 1. The SMILES string of the molecule is CNCC1CCCN1C(=O)c1ccc(Cl)cc1O. The third kappa shape index (κ3) is 2.60. The van der Waals surface area contributed by atoms with E-state index in [4.69, 9.17) is 11.6 Å². The second-order valence-electron chi connectivity index (χ2n) is 4.51. The first kappa shape index (κ1) is 13.2. The molecule has 1 aromatic rings. The molecular weight excluding hydrogens is 252 g/mol. The van der Waals surface area contributed by atoms with E-state index in [2.05, 4.69) is 5.32 Å². The van der Waals surface area contributed by atoms with Crippen LogP contribution in [0.1, 0.15) is 23.2 Å². The molecule has 0 bridgehead atoms. The molecule has 2 rings (SSSR count). The first-order chi connectivity index (χ1) is 8.63. The van der Waals surface area contributed by atoms with Crippen LogP contribution in [-0.4, -0.2) is 42.1 Å². The van der Waals surface area contributed by atoms with Crippen molar-refractivity contribution in [3.63, 3.8) is 0 Å². The first-order valence-corrected chi connectivity index (χ1v) is 6.45. The monoisotopic (exact) mass is 268 g/mol. The average Bonchev–Trinajstić information content (AvgIpc) is 2.77. The molecule has 1 atom stereocenters. The number of nitrogens with zero attached hydrogens (tertiary/aromatic N) is 1. The number of phenols is 1. The van der Waals surface area contributed by atoms with Gasteiger partial charge in [-0.25, -0.2) is 0 Å². The molecule has 5 heteroatoms. The number of phenolic OH excluding ortho intramolecular Hbond substituents is 1. The number of halogens is 1. The van der Waals surface area contributed by atoms with Gasteiger partial charge in [-0.05, 0) is 38.1 Å². The fourth-order valence-corrected chi connectivity index (χ4v) is 2.56. The summed E-state index contributed by atoms with van der Waals surface area (Å²) in [5.41, 5.74) is 0.322. The molecule has 1 saturated heterocycles. The second kappa shape index (κ2) is 5.59. The number of amides is 1. The van der Waals surface area contributed by atoms with Crippen LogP contribution in [0.15, 0.2) is 18.2 Å². The van der Waals surface area contributed by atoms with E-state index < -0.39 is 0 Å². The topological polar surface area (TPSA) is 52.6 Å². The maximum absolute atomic E-state index is 12.4. The fourth-order valence-electron chi connectivity index (χ4n) is 2.39. The van der Waals surface area contributed by atoms with Crippen molar-refractivity contribution in [1.29, 1.82) is 0 Å². The molecule has 1 aliphatic rings. The Kier molecular flexibility index (Phi) is 4.09. The number of hydrogen-bond donors (Lipinski definition) is 2.